The Labute approximate surface area is 187 Å². The predicted octanol–water partition coefficient (Wildman–Crippen LogP) is 2.71. The van der Waals surface area contributed by atoms with E-state index >= 15 is 0 Å². The fourth-order valence-corrected chi connectivity index (χ4v) is 4.22. The van der Waals surface area contributed by atoms with E-state index in [1.807, 2.05) is 36.7 Å². The third-order valence-electron chi connectivity index (χ3n) is 5.82. The summed E-state index contributed by atoms with van der Waals surface area (Å²) in [7, 11) is 0. The van der Waals surface area contributed by atoms with Crippen LogP contribution < -0.4 is 15.1 Å². The molecule has 0 spiro atoms. The van der Waals surface area contributed by atoms with Crippen LogP contribution in [-0.2, 0) is 22.5 Å². The van der Waals surface area contributed by atoms with Crippen LogP contribution in [0, 0.1) is 0 Å². The maximum absolute atomic E-state index is 11.4. The number of amides is 1. The van der Waals surface area contributed by atoms with Crippen LogP contribution in [-0.4, -0.2) is 53.7 Å². The molecule has 0 saturated carbocycles. The Hall–Kier alpha value is -3.52. The van der Waals surface area contributed by atoms with Crippen molar-refractivity contribution in [1.29, 1.82) is 0 Å². The first-order valence-corrected chi connectivity index (χ1v) is 10.9. The zero-order valence-electron chi connectivity index (χ0n) is 18.1. The maximum atomic E-state index is 11.4. The number of rotatable bonds is 5. The van der Waals surface area contributed by atoms with Crippen molar-refractivity contribution in [3.05, 3.63) is 59.9 Å². The van der Waals surface area contributed by atoms with E-state index in [0.717, 1.165) is 65.9 Å². The van der Waals surface area contributed by atoms with E-state index in [0.29, 0.717) is 19.8 Å². The van der Waals surface area contributed by atoms with Crippen molar-refractivity contribution in [2.75, 3.05) is 42.6 Å². The molecule has 3 aromatic rings. The summed E-state index contributed by atoms with van der Waals surface area (Å²) >= 11 is 0. The number of hydrogen-bond acceptors (Lipinski definition) is 7. The average molecular weight is 431 g/mol. The molecular weight excluding hydrogens is 404 g/mol. The van der Waals surface area contributed by atoms with E-state index < -0.39 is 0 Å². The van der Waals surface area contributed by atoms with Crippen LogP contribution in [0.4, 0.5) is 17.5 Å². The molecule has 8 heteroatoms. The summed E-state index contributed by atoms with van der Waals surface area (Å²) in [5.41, 5.74) is 5.27. The van der Waals surface area contributed by atoms with E-state index in [-0.39, 0.29) is 5.91 Å². The molecule has 0 aliphatic carbocycles. The molecule has 5 rings (SSSR count). The zero-order chi connectivity index (χ0) is 21.9. The van der Waals surface area contributed by atoms with Crippen LogP contribution in [0.3, 0.4) is 0 Å². The highest BCUT2D eigenvalue weighted by atomic mass is 16.5. The highest BCUT2D eigenvalue weighted by Crippen LogP contribution is 2.39. The number of carbonyl (C=O) groups is 1. The molecule has 2 aliphatic rings. The van der Waals surface area contributed by atoms with Gasteiger partial charge in [0.2, 0.25) is 11.9 Å². The van der Waals surface area contributed by atoms with Gasteiger partial charge in [-0.25, -0.2) is 4.98 Å². The van der Waals surface area contributed by atoms with Gasteiger partial charge in [0.05, 0.1) is 18.9 Å². The van der Waals surface area contributed by atoms with E-state index in [1.54, 1.807) is 0 Å². The number of ether oxygens (including phenoxy) is 1. The molecule has 1 N–H and O–H groups in total. The molecule has 1 saturated heterocycles. The summed E-state index contributed by atoms with van der Waals surface area (Å²) in [6.07, 6.45) is 4.49. The zero-order valence-corrected chi connectivity index (χ0v) is 18.1. The number of aromatic nitrogens is 3. The van der Waals surface area contributed by atoms with Gasteiger partial charge in [-0.1, -0.05) is 18.2 Å². The van der Waals surface area contributed by atoms with Gasteiger partial charge in [0.15, 0.2) is 0 Å². The second kappa shape index (κ2) is 8.92. The molecule has 8 nitrogen and oxygen atoms in total. The van der Waals surface area contributed by atoms with Crippen molar-refractivity contribution < 1.29 is 9.53 Å². The third kappa shape index (κ3) is 4.13. The van der Waals surface area contributed by atoms with E-state index in [2.05, 4.69) is 32.2 Å². The van der Waals surface area contributed by atoms with Crippen LogP contribution in [0.1, 0.15) is 18.1 Å². The summed E-state index contributed by atoms with van der Waals surface area (Å²) in [6.45, 7) is 5.77. The second-order valence-corrected chi connectivity index (χ2v) is 7.99. The molecule has 164 valence electrons. The highest BCUT2D eigenvalue weighted by Gasteiger charge is 2.29. The van der Waals surface area contributed by atoms with Crippen LogP contribution in [0.15, 0.2) is 48.8 Å². The van der Waals surface area contributed by atoms with Crippen molar-refractivity contribution in [2.45, 2.75) is 19.9 Å². The minimum Gasteiger partial charge on any atom is -0.378 e. The Balaban J connectivity index is 1.59. The van der Waals surface area contributed by atoms with Gasteiger partial charge in [-0.2, -0.15) is 4.98 Å². The average Bonchev–Trinajstić information content (AvgIpc) is 3.27. The minimum absolute atomic E-state index is 0.0408. The Morgan fingerprint density at radius 1 is 1.09 bits per heavy atom. The Kier molecular flexibility index (Phi) is 5.68. The molecule has 0 unspecified atom stereocenters. The third-order valence-corrected chi connectivity index (χ3v) is 5.82. The lowest BCUT2D eigenvalue weighted by molar-refractivity contribution is -0.119. The van der Waals surface area contributed by atoms with Gasteiger partial charge < -0.3 is 19.9 Å². The lowest BCUT2D eigenvalue weighted by Crippen LogP contribution is -2.37. The number of fused-ring (bicyclic) bond motifs is 1. The molecule has 4 heterocycles. The van der Waals surface area contributed by atoms with Gasteiger partial charge >= 0.3 is 0 Å². The summed E-state index contributed by atoms with van der Waals surface area (Å²) < 4.78 is 5.53. The fraction of sp³-hybridized carbons (Fsp3) is 0.333. The number of morpholine rings is 1. The molecule has 1 aromatic carbocycles. The molecule has 32 heavy (non-hydrogen) atoms. The topological polar surface area (TPSA) is 83.5 Å². The predicted molar refractivity (Wildman–Crippen MR) is 123 cm³/mol. The van der Waals surface area contributed by atoms with Crippen molar-refractivity contribution in [2.24, 2.45) is 0 Å². The normalized spacial score (nSPS) is 15.5. The smallest absolute Gasteiger partial charge is 0.228 e. The molecule has 0 atom stereocenters. The molecule has 0 radical (unpaired) electrons. The quantitative estimate of drug-likeness (QED) is 0.666. The Morgan fingerprint density at radius 3 is 2.69 bits per heavy atom. The maximum Gasteiger partial charge on any atom is 0.228 e. The summed E-state index contributed by atoms with van der Waals surface area (Å²) in [6, 6.07) is 12.3. The first kappa shape index (κ1) is 20.4. The van der Waals surface area contributed by atoms with Crippen molar-refractivity contribution in [1.82, 2.24) is 20.3 Å². The number of benzene rings is 1. The van der Waals surface area contributed by atoms with Crippen molar-refractivity contribution in [3.63, 3.8) is 0 Å². The molecular formula is C24H26N6O2. The molecule has 1 amide bonds. The van der Waals surface area contributed by atoms with Gasteiger partial charge in [-0.3, -0.25) is 9.78 Å². The largest absolute Gasteiger partial charge is 0.378 e. The van der Waals surface area contributed by atoms with Crippen LogP contribution in [0.5, 0.6) is 0 Å². The molecule has 1 fully saturated rings. The van der Waals surface area contributed by atoms with Crippen LogP contribution >= 0.6 is 0 Å². The summed E-state index contributed by atoms with van der Waals surface area (Å²) in [5.74, 6) is 1.64. The fourth-order valence-electron chi connectivity index (χ4n) is 4.22. The number of nitrogens with zero attached hydrogens (tertiary/aromatic N) is 5. The van der Waals surface area contributed by atoms with Crippen LogP contribution in [0.2, 0.25) is 0 Å². The number of carbonyl (C=O) groups excluding carboxylic acids is 1. The number of hydrogen-bond donors (Lipinski definition) is 1. The summed E-state index contributed by atoms with van der Waals surface area (Å²) in [4.78, 5) is 30.0. The standard InChI is InChI=1S/C24H26N6O2/c1-17(31)26-16-18-3-2-4-19(15-18)22-21-7-10-30(20-5-8-25-9-6-20)23(21)28-24(27-22)29-11-13-32-14-12-29/h2-6,8-9,15H,7,10-14,16H2,1H3,(H,26,31). The lowest BCUT2D eigenvalue weighted by atomic mass is 10.0. The van der Waals surface area contributed by atoms with Gasteiger partial charge in [0, 0.05) is 62.3 Å². The molecule has 2 aliphatic heterocycles. The first-order chi connectivity index (χ1) is 15.7. The monoisotopic (exact) mass is 430 g/mol. The van der Waals surface area contributed by atoms with Gasteiger partial charge in [-0.15, -0.1) is 0 Å². The SMILES string of the molecule is CC(=O)NCc1cccc(-c2nc(N3CCOCC3)nc3c2CCN3c2ccncc2)c1. The van der Waals surface area contributed by atoms with E-state index in [9.17, 15) is 4.79 Å². The van der Waals surface area contributed by atoms with E-state index in [1.165, 1.54) is 6.92 Å². The minimum atomic E-state index is -0.0408. The molecule has 0 bridgehead atoms. The van der Waals surface area contributed by atoms with Crippen molar-refractivity contribution in [3.8, 4) is 11.3 Å². The number of pyridine rings is 1. The van der Waals surface area contributed by atoms with Crippen LogP contribution in [0.25, 0.3) is 11.3 Å². The Bertz CT molecular complexity index is 1110. The van der Waals surface area contributed by atoms with Gasteiger partial charge in [0.1, 0.15) is 5.82 Å². The number of anilines is 3. The summed E-state index contributed by atoms with van der Waals surface area (Å²) in [5, 5.41) is 2.88. The lowest BCUT2D eigenvalue weighted by Gasteiger charge is -2.28. The van der Waals surface area contributed by atoms with Crippen molar-refractivity contribution >= 4 is 23.4 Å². The first-order valence-electron chi connectivity index (χ1n) is 10.9. The highest BCUT2D eigenvalue weighted by molar-refractivity contribution is 5.77. The molecule has 2 aromatic heterocycles. The van der Waals surface area contributed by atoms with Gasteiger partial charge in [0.25, 0.3) is 0 Å². The second-order valence-electron chi connectivity index (χ2n) is 7.99. The van der Waals surface area contributed by atoms with Gasteiger partial charge in [-0.05, 0) is 30.2 Å². The van der Waals surface area contributed by atoms with E-state index in [4.69, 9.17) is 14.7 Å². The Morgan fingerprint density at radius 2 is 1.91 bits per heavy atom. The number of nitrogens with one attached hydrogen (secondary N) is 1.